The second-order valence-corrected chi connectivity index (χ2v) is 7.53. The average Bonchev–Trinajstić information content (AvgIpc) is 3.20. The summed E-state index contributed by atoms with van der Waals surface area (Å²) in [6.45, 7) is 0.182. The number of nitrogens with zero attached hydrogens (tertiary/aromatic N) is 2. The predicted molar refractivity (Wildman–Crippen MR) is 124 cm³/mol. The number of hydrogen-bond donors (Lipinski definition) is 2. The Bertz CT molecular complexity index is 1430. The van der Waals surface area contributed by atoms with Crippen LogP contribution in [0.5, 0.6) is 0 Å². The van der Waals surface area contributed by atoms with Gasteiger partial charge >= 0.3 is 12.1 Å². The molecule has 6 nitrogen and oxygen atoms in total. The molecular weight excluding hydrogens is 483 g/mol. The van der Waals surface area contributed by atoms with E-state index >= 15 is 0 Å². The minimum Gasteiger partial charge on any atom is -0.301 e. The summed E-state index contributed by atoms with van der Waals surface area (Å²) in [5, 5.41) is 1.68. The Hall–Kier alpha value is -4.09. The smallest absolute Gasteiger partial charge is 0.301 e. The minimum atomic E-state index is -5.21. The van der Waals surface area contributed by atoms with Crippen molar-refractivity contribution in [2.45, 2.75) is 6.18 Å². The summed E-state index contributed by atoms with van der Waals surface area (Å²) in [7, 11) is 1.60. The fraction of sp³-hybridized carbons (Fsp3) is 0.120. The lowest BCUT2D eigenvalue weighted by atomic mass is 9.99. The number of nitrogens with one attached hydrogen (secondary N) is 2. The van der Waals surface area contributed by atoms with Crippen molar-refractivity contribution in [1.29, 1.82) is 0 Å². The van der Waals surface area contributed by atoms with Gasteiger partial charge in [-0.1, -0.05) is 30.3 Å². The molecule has 4 rings (SSSR count). The van der Waals surface area contributed by atoms with E-state index in [-0.39, 0.29) is 23.5 Å². The Morgan fingerprint density at radius 2 is 1.81 bits per heavy atom. The number of carbonyl (C=O) groups excluding carboxylic acids is 1. The van der Waals surface area contributed by atoms with Crippen molar-refractivity contribution >= 4 is 22.9 Å². The number of aromatic nitrogens is 2. The Morgan fingerprint density at radius 3 is 2.50 bits per heavy atom. The maximum absolute atomic E-state index is 14.8. The van der Waals surface area contributed by atoms with Crippen molar-refractivity contribution < 1.29 is 31.6 Å². The zero-order valence-electron chi connectivity index (χ0n) is 18.7. The van der Waals surface area contributed by atoms with E-state index in [1.807, 2.05) is 30.3 Å². The molecule has 0 saturated carbocycles. The molecule has 186 valence electrons. The van der Waals surface area contributed by atoms with Crippen LogP contribution in [0.2, 0.25) is 0 Å². The van der Waals surface area contributed by atoms with Gasteiger partial charge in [-0.2, -0.15) is 13.2 Å². The molecule has 0 atom stereocenters. The number of benzene rings is 2. The molecule has 0 saturated heterocycles. The van der Waals surface area contributed by atoms with Crippen LogP contribution in [0.3, 0.4) is 0 Å². The molecule has 0 bridgehead atoms. The number of pyridine rings is 1. The summed E-state index contributed by atoms with van der Waals surface area (Å²) < 4.78 is 69.0. The molecule has 0 unspecified atom stereocenters. The third kappa shape index (κ3) is 5.26. The molecule has 0 aliphatic rings. The van der Waals surface area contributed by atoms with E-state index in [1.165, 1.54) is 16.7 Å². The number of rotatable bonds is 7. The fourth-order valence-electron chi connectivity index (χ4n) is 3.63. The van der Waals surface area contributed by atoms with Crippen molar-refractivity contribution in [2.75, 3.05) is 19.0 Å². The maximum atomic E-state index is 14.8. The summed E-state index contributed by atoms with van der Waals surface area (Å²) in [5.74, 6) is -4.59. The Morgan fingerprint density at radius 1 is 1.06 bits per heavy atom. The Kier molecular flexibility index (Phi) is 7.13. The molecule has 11 heteroatoms. The lowest BCUT2D eigenvalue weighted by Gasteiger charge is -2.12. The van der Waals surface area contributed by atoms with Crippen LogP contribution in [0.25, 0.3) is 22.5 Å². The number of halogens is 5. The highest BCUT2D eigenvalue weighted by Crippen LogP contribution is 2.34. The average molecular weight is 502 g/mol. The van der Waals surface area contributed by atoms with E-state index in [4.69, 9.17) is 4.84 Å². The molecule has 1 amide bonds. The van der Waals surface area contributed by atoms with E-state index in [2.05, 4.69) is 10.5 Å². The number of fused-ring (bicyclic) bond motifs is 1. The number of amides is 1. The van der Waals surface area contributed by atoms with E-state index in [0.717, 1.165) is 23.8 Å². The number of imidazole rings is 1. The minimum absolute atomic E-state index is 0.105. The van der Waals surface area contributed by atoms with Crippen LogP contribution in [-0.4, -0.2) is 35.1 Å². The topological polar surface area (TPSA) is 67.7 Å². The molecule has 0 spiro atoms. The van der Waals surface area contributed by atoms with Crippen LogP contribution in [0, 0.1) is 11.6 Å². The third-order valence-corrected chi connectivity index (χ3v) is 5.20. The summed E-state index contributed by atoms with van der Waals surface area (Å²) in [4.78, 5) is 20.9. The van der Waals surface area contributed by atoms with Gasteiger partial charge in [0.05, 0.1) is 6.61 Å². The fourth-order valence-corrected chi connectivity index (χ4v) is 3.63. The van der Waals surface area contributed by atoms with Gasteiger partial charge in [0.2, 0.25) is 0 Å². The van der Waals surface area contributed by atoms with Gasteiger partial charge in [0.15, 0.2) is 5.82 Å². The van der Waals surface area contributed by atoms with E-state index in [0.29, 0.717) is 11.1 Å². The molecule has 2 aromatic carbocycles. The summed E-state index contributed by atoms with van der Waals surface area (Å²) in [5.41, 5.74) is 4.13. The normalized spacial score (nSPS) is 12.2. The molecule has 2 heterocycles. The first-order valence-electron chi connectivity index (χ1n) is 10.6. The number of hydroxylamine groups is 1. The van der Waals surface area contributed by atoms with Gasteiger partial charge in [-0.25, -0.2) is 19.2 Å². The van der Waals surface area contributed by atoms with Crippen molar-refractivity contribution in [1.82, 2.24) is 14.9 Å². The maximum Gasteiger partial charge on any atom is 0.471 e. The highest BCUT2D eigenvalue weighted by atomic mass is 19.4. The third-order valence-electron chi connectivity index (χ3n) is 5.20. The molecule has 2 N–H and O–H groups in total. The van der Waals surface area contributed by atoms with Gasteiger partial charge < -0.3 is 5.32 Å². The molecule has 0 aliphatic carbocycles. The highest BCUT2D eigenvalue weighted by molar-refractivity contribution is 5.98. The van der Waals surface area contributed by atoms with Gasteiger partial charge in [0.1, 0.15) is 23.0 Å². The molecule has 4 aromatic rings. The molecule has 36 heavy (non-hydrogen) atoms. The molecule has 0 fully saturated rings. The SMILES string of the molecule is CNOCC=C(c1ccccc1)c1ccc2nc(NC(=O)C(F)(F)F)c(-c3cc(F)ccc3F)n2c1. The van der Waals surface area contributed by atoms with Crippen LogP contribution < -0.4 is 10.8 Å². The van der Waals surface area contributed by atoms with Gasteiger partial charge in [-0.15, -0.1) is 0 Å². The highest BCUT2D eigenvalue weighted by Gasteiger charge is 2.39. The lowest BCUT2D eigenvalue weighted by Crippen LogP contribution is -2.30. The predicted octanol–water partition coefficient (Wildman–Crippen LogP) is 5.36. The number of hydrogen-bond acceptors (Lipinski definition) is 4. The van der Waals surface area contributed by atoms with Gasteiger partial charge in [-0.05, 0) is 53.1 Å². The summed E-state index contributed by atoms with van der Waals surface area (Å²) in [6.07, 6.45) is -1.92. The van der Waals surface area contributed by atoms with Crippen LogP contribution >= 0.6 is 0 Å². The van der Waals surface area contributed by atoms with Crippen molar-refractivity contribution in [3.8, 4) is 11.3 Å². The molecular formula is C25H19F5N4O2. The molecule has 2 aromatic heterocycles. The largest absolute Gasteiger partial charge is 0.471 e. The van der Waals surface area contributed by atoms with E-state index < -0.39 is 29.5 Å². The summed E-state index contributed by atoms with van der Waals surface area (Å²) in [6, 6.07) is 14.9. The first-order chi connectivity index (χ1) is 17.2. The number of carbonyl (C=O) groups is 1. The van der Waals surface area contributed by atoms with Gasteiger partial charge in [0.25, 0.3) is 0 Å². The van der Waals surface area contributed by atoms with Crippen molar-refractivity contribution in [3.63, 3.8) is 0 Å². The van der Waals surface area contributed by atoms with Crippen LogP contribution in [0.1, 0.15) is 11.1 Å². The van der Waals surface area contributed by atoms with Crippen LogP contribution in [0.15, 0.2) is 72.9 Å². The molecule has 0 aliphatic heterocycles. The second kappa shape index (κ2) is 10.3. The van der Waals surface area contributed by atoms with Crippen molar-refractivity contribution in [2.24, 2.45) is 0 Å². The standard InChI is InChI=1S/C25H19F5N4O2/c1-31-36-12-11-18(15-5-3-2-4-6-15)16-7-10-21-32-23(33-24(35)25(28,29)30)22(34(21)14-16)19-13-17(26)8-9-20(19)27/h2-11,13-14,31H,12H2,1H3,(H,33,35). The quantitative estimate of drug-likeness (QED) is 0.203. The first kappa shape index (κ1) is 25.0. The van der Waals surface area contributed by atoms with E-state index in [1.54, 1.807) is 24.5 Å². The lowest BCUT2D eigenvalue weighted by molar-refractivity contribution is -0.167. The number of alkyl halides is 3. The summed E-state index contributed by atoms with van der Waals surface area (Å²) >= 11 is 0. The monoisotopic (exact) mass is 502 g/mol. The van der Waals surface area contributed by atoms with Gasteiger partial charge in [0, 0.05) is 18.8 Å². The Balaban J connectivity index is 1.94. The van der Waals surface area contributed by atoms with E-state index in [9.17, 15) is 26.7 Å². The number of anilines is 1. The molecule has 0 radical (unpaired) electrons. The first-order valence-corrected chi connectivity index (χ1v) is 10.6. The Labute approximate surface area is 202 Å². The zero-order valence-corrected chi connectivity index (χ0v) is 18.7. The zero-order chi connectivity index (χ0) is 25.9. The van der Waals surface area contributed by atoms with Gasteiger partial charge in [-0.3, -0.25) is 14.0 Å². The second-order valence-electron chi connectivity index (χ2n) is 7.53. The van der Waals surface area contributed by atoms with Crippen LogP contribution in [0.4, 0.5) is 27.8 Å². The van der Waals surface area contributed by atoms with Crippen LogP contribution in [-0.2, 0) is 9.63 Å². The van der Waals surface area contributed by atoms with Crippen molar-refractivity contribution in [3.05, 3.63) is 95.7 Å².